The van der Waals surface area contributed by atoms with Gasteiger partial charge in [-0.3, -0.25) is 8.97 Å². The van der Waals surface area contributed by atoms with Crippen LogP contribution in [0.5, 0.6) is 0 Å². The molecule has 0 unspecified atom stereocenters. The number of halogens is 3. The van der Waals surface area contributed by atoms with Crippen molar-refractivity contribution in [3.05, 3.63) is 82.6 Å². The molecule has 0 amide bonds. The van der Waals surface area contributed by atoms with E-state index in [1.165, 1.54) is 23.0 Å². The Morgan fingerprint density at radius 3 is 2.56 bits per heavy atom. The number of hydrogen-bond donors (Lipinski definition) is 0. The number of alkyl halides is 3. The fourth-order valence-electron chi connectivity index (χ4n) is 4.68. The zero-order valence-corrected chi connectivity index (χ0v) is 17.5. The molecule has 7 nitrogen and oxygen atoms in total. The minimum Gasteiger partial charge on any atom is -0.321 e. The molecule has 4 aromatic rings. The molecule has 3 aromatic heterocycles. The second kappa shape index (κ2) is 7.06. The lowest BCUT2D eigenvalue weighted by Crippen LogP contribution is -2.59. The van der Waals surface area contributed by atoms with Crippen molar-refractivity contribution in [2.45, 2.75) is 18.0 Å². The molecule has 4 heterocycles. The maximum Gasteiger partial charge on any atom is 0.418 e. The number of aromatic nitrogens is 5. The number of benzene rings is 1. The van der Waals surface area contributed by atoms with Gasteiger partial charge in [0.2, 0.25) is 0 Å². The summed E-state index contributed by atoms with van der Waals surface area (Å²) in [6.07, 6.45) is 0.383. The first-order chi connectivity index (χ1) is 15.2. The van der Waals surface area contributed by atoms with E-state index < -0.39 is 17.4 Å². The summed E-state index contributed by atoms with van der Waals surface area (Å²) in [4.78, 5) is 15.1. The summed E-state index contributed by atoms with van der Waals surface area (Å²) < 4.78 is 44.5. The number of nitrogens with zero attached hydrogens (tertiary/aromatic N) is 6. The van der Waals surface area contributed by atoms with Crippen LogP contribution in [0.25, 0.3) is 11.2 Å². The van der Waals surface area contributed by atoms with Crippen LogP contribution in [0.1, 0.15) is 17.0 Å². The van der Waals surface area contributed by atoms with Crippen LogP contribution in [-0.2, 0) is 25.1 Å². The van der Waals surface area contributed by atoms with E-state index in [0.717, 1.165) is 34.9 Å². The molecule has 0 saturated carbocycles. The van der Waals surface area contributed by atoms with Gasteiger partial charge in [-0.15, -0.1) is 10.2 Å². The highest BCUT2D eigenvalue weighted by Gasteiger charge is 2.44. The molecule has 0 radical (unpaired) electrons. The van der Waals surface area contributed by atoms with Gasteiger partial charge in [0, 0.05) is 44.4 Å². The van der Waals surface area contributed by atoms with Crippen LogP contribution in [0.3, 0.4) is 0 Å². The van der Waals surface area contributed by atoms with Crippen molar-refractivity contribution in [2.24, 2.45) is 7.05 Å². The van der Waals surface area contributed by atoms with Gasteiger partial charge in [0.15, 0.2) is 0 Å². The van der Waals surface area contributed by atoms with Crippen molar-refractivity contribution in [1.29, 1.82) is 0 Å². The van der Waals surface area contributed by atoms with Crippen LogP contribution < -0.4 is 5.69 Å². The van der Waals surface area contributed by atoms with E-state index in [4.69, 9.17) is 0 Å². The number of hydrogen-bond acceptors (Lipinski definition) is 4. The molecule has 5 rings (SSSR count). The van der Waals surface area contributed by atoms with Crippen molar-refractivity contribution in [1.82, 2.24) is 28.6 Å². The van der Waals surface area contributed by atoms with E-state index in [9.17, 15) is 18.0 Å². The molecule has 32 heavy (non-hydrogen) atoms. The maximum atomic E-state index is 13.4. The molecule has 0 N–H and O–H groups in total. The third kappa shape index (κ3) is 3.22. The summed E-state index contributed by atoms with van der Waals surface area (Å²) in [5.41, 5.74) is -0.244. The van der Waals surface area contributed by atoms with Crippen molar-refractivity contribution in [2.75, 3.05) is 20.1 Å². The summed E-state index contributed by atoms with van der Waals surface area (Å²) in [5, 5.41) is 8.18. The number of fused-ring (bicyclic) bond motifs is 1. The van der Waals surface area contributed by atoms with E-state index in [0.29, 0.717) is 12.1 Å². The molecule has 1 saturated heterocycles. The van der Waals surface area contributed by atoms with Crippen LogP contribution >= 0.6 is 0 Å². The average molecular weight is 442 g/mol. The third-order valence-electron chi connectivity index (χ3n) is 6.19. The predicted octanol–water partition coefficient (Wildman–Crippen LogP) is 2.66. The minimum atomic E-state index is -4.55. The summed E-state index contributed by atoms with van der Waals surface area (Å²) in [6, 6.07) is 9.66. The van der Waals surface area contributed by atoms with Gasteiger partial charge in [-0.1, -0.05) is 12.1 Å². The van der Waals surface area contributed by atoms with Crippen molar-refractivity contribution in [3.63, 3.8) is 0 Å². The fourth-order valence-corrected chi connectivity index (χ4v) is 4.68. The second-order valence-corrected chi connectivity index (χ2v) is 8.49. The smallest absolute Gasteiger partial charge is 0.321 e. The topological polar surface area (TPSA) is 60.4 Å². The molecule has 1 aromatic carbocycles. The van der Waals surface area contributed by atoms with Gasteiger partial charge < -0.3 is 9.47 Å². The molecule has 1 aliphatic heterocycles. The second-order valence-electron chi connectivity index (χ2n) is 8.49. The molecular formula is C22H21F3N6O. The van der Waals surface area contributed by atoms with Gasteiger partial charge in [0.25, 0.3) is 0 Å². The van der Waals surface area contributed by atoms with Crippen LogP contribution in [0.15, 0.2) is 59.9 Å². The molecule has 166 valence electrons. The lowest BCUT2D eigenvalue weighted by atomic mass is 9.71. The summed E-state index contributed by atoms with van der Waals surface area (Å²) in [6.45, 7) is 1.60. The van der Waals surface area contributed by atoms with Crippen LogP contribution in [0.4, 0.5) is 13.2 Å². The Hall–Kier alpha value is -3.40. The molecule has 0 atom stereocenters. The molecule has 1 aliphatic rings. The van der Waals surface area contributed by atoms with E-state index in [-0.39, 0.29) is 10.9 Å². The largest absolute Gasteiger partial charge is 0.418 e. The van der Waals surface area contributed by atoms with Crippen molar-refractivity contribution >= 4 is 5.52 Å². The first-order valence-electron chi connectivity index (χ1n) is 10.1. The van der Waals surface area contributed by atoms with Crippen LogP contribution in [-0.4, -0.2) is 48.8 Å². The lowest BCUT2D eigenvalue weighted by molar-refractivity contribution is -0.136. The number of likely N-dealkylation sites (N-methyl/N-ethyl adjacent to an activating group) is 1. The Balaban J connectivity index is 1.60. The van der Waals surface area contributed by atoms with Crippen molar-refractivity contribution in [3.8, 4) is 5.69 Å². The van der Waals surface area contributed by atoms with E-state index >= 15 is 0 Å². The Morgan fingerprint density at radius 1 is 1.12 bits per heavy atom. The highest BCUT2D eigenvalue weighted by molar-refractivity contribution is 5.57. The van der Waals surface area contributed by atoms with Gasteiger partial charge in [-0.2, -0.15) is 13.2 Å². The molecule has 0 bridgehead atoms. The van der Waals surface area contributed by atoms with Crippen LogP contribution in [0, 0.1) is 0 Å². The quantitative estimate of drug-likeness (QED) is 0.488. The number of likely N-dealkylation sites (tertiary alicyclic amines) is 1. The summed E-state index contributed by atoms with van der Waals surface area (Å²) in [5.74, 6) is 0.852. The number of pyridine rings is 1. The number of rotatable bonds is 4. The molecule has 10 heteroatoms. The SMILES string of the molecule is CN1CC(Cc2nncn2C)(c2cccc(-n3cc4c(C(F)(F)F)cccn4c3=O)c2)C1. The Labute approximate surface area is 181 Å². The molecule has 1 fully saturated rings. The van der Waals surface area contributed by atoms with Gasteiger partial charge in [0.05, 0.1) is 16.8 Å². The van der Waals surface area contributed by atoms with Gasteiger partial charge in [-0.05, 0) is 36.9 Å². The Morgan fingerprint density at radius 2 is 1.91 bits per heavy atom. The summed E-state index contributed by atoms with van der Waals surface area (Å²) in [7, 11) is 3.93. The van der Waals surface area contributed by atoms with Crippen LogP contribution in [0.2, 0.25) is 0 Å². The molecular weight excluding hydrogens is 421 g/mol. The van der Waals surface area contributed by atoms with E-state index in [1.54, 1.807) is 12.4 Å². The highest BCUT2D eigenvalue weighted by atomic mass is 19.4. The minimum absolute atomic E-state index is 0.174. The monoisotopic (exact) mass is 442 g/mol. The summed E-state index contributed by atoms with van der Waals surface area (Å²) >= 11 is 0. The third-order valence-corrected chi connectivity index (χ3v) is 6.19. The normalized spacial score (nSPS) is 16.4. The highest BCUT2D eigenvalue weighted by Crippen LogP contribution is 2.37. The van der Waals surface area contributed by atoms with Gasteiger partial charge in [0.1, 0.15) is 12.2 Å². The lowest BCUT2D eigenvalue weighted by Gasteiger charge is -2.49. The Bertz CT molecular complexity index is 1360. The van der Waals surface area contributed by atoms with Crippen molar-refractivity contribution < 1.29 is 13.2 Å². The molecule has 0 spiro atoms. The molecule has 0 aliphatic carbocycles. The average Bonchev–Trinajstić information content (AvgIpc) is 3.29. The fraction of sp³-hybridized carbons (Fsp3) is 0.318. The van der Waals surface area contributed by atoms with Gasteiger partial charge in [-0.25, -0.2) is 4.79 Å². The Kier molecular flexibility index (Phi) is 4.52. The predicted molar refractivity (Wildman–Crippen MR) is 112 cm³/mol. The standard InChI is InChI=1S/C22H21F3N6O/c1-28-12-21(13-28,10-19-27-26-14-29(19)2)15-5-3-6-16(9-15)31-11-18-17(22(23,24)25)7-4-8-30(18)20(31)32/h3-9,11,14H,10,12-13H2,1-2H3. The maximum absolute atomic E-state index is 13.4. The number of aryl methyl sites for hydroxylation is 1. The van der Waals surface area contributed by atoms with Gasteiger partial charge >= 0.3 is 11.9 Å². The first kappa shape index (κ1) is 20.5. The zero-order chi connectivity index (χ0) is 22.7. The number of imidazole rings is 1. The zero-order valence-electron chi connectivity index (χ0n) is 17.5. The van der Waals surface area contributed by atoms with E-state index in [1.807, 2.05) is 36.9 Å². The first-order valence-corrected chi connectivity index (χ1v) is 10.1. The van der Waals surface area contributed by atoms with E-state index in [2.05, 4.69) is 15.1 Å².